The lowest BCUT2D eigenvalue weighted by Gasteiger charge is -1.91. The average Bonchev–Trinajstić information content (AvgIpc) is 1.63. The number of unbranched alkanes of at least 4 members (excludes halogenated alkanes) is 1. The molecule has 0 fully saturated rings. The molecular formula is C4H11FMgO3S. The molecule has 3 nitrogen and oxygen atoms in total. The average molecular weight is 182 g/mol. The lowest BCUT2D eigenvalue weighted by atomic mass is 10.4. The van der Waals surface area contributed by atoms with Crippen LogP contribution in [0.15, 0.2) is 0 Å². The van der Waals surface area contributed by atoms with Crippen LogP contribution in [0, 0.1) is 0 Å². The first-order valence-electron chi connectivity index (χ1n) is 2.57. The molecule has 0 aromatic carbocycles. The van der Waals surface area contributed by atoms with Crippen LogP contribution in [-0.2, 0) is 10.1 Å². The summed E-state index contributed by atoms with van der Waals surface area (Å²) in [4.78, 5) is 0. The predicted molar refractivity (Wildman–Crippen MR) is 40.2 cm³/mol. The van der Waals surface area contributed by atoms with Crippen LogP contribution >= 0.6 is 0 Å². The van der Waals surface area contributed by atoms with Gasteiger partial charge in [0.15, 0.2) is 0 Å². The molecule has 0 bridgehead atoms. The van der Waals surface area contributed by atoms with Crippen LogP contribution in [-0.4, -0.2) is 48.5 Å². The van der Waals surface area contributed by atoms with Gasteiger partial charge in [0.1, 0.15) is 0 Å². The molecule has 0 aromatic rings. The van der Waals surface area contributed by atoms with Gasteiger partial charge in [-0.15, -0.1) is 0 Å². The Kier molecular flexibility index (Phi) is 8.36. The number of hydrogen-bond acceptors (Lipinski definition) is 2. The third-order valence-corrected chi connectivity index (χ3v) is 1.59. The van der Waals surface area contributed by atoms with Gasteiger partial charge >= 0.3 is 23.1 Å². The normalized spacial score (nSPS) is 10.6. The molecule has 1 N–H and O–H groups in total. The zero-order chi connectivity index (χ0) is 7.33. The number of hydrogen-bond donors (Lipinski definition) is 1. The summed E-state index contributed by atoms with van der Waals surface area (Å²) < 4.78 is 39.3. The van der Waals surface area contributed by atoms with Gasteiger partial charge in [-0.2, -0.15) is 8.42 Å². The van der Waals surface area contributed by atoms with Crippen molar-refractivity contribution >= 4 is 33.2 Å². The maximum Gasteiger partial charge on any atom is 0.316 e. The molecule has 60 valence electrons. The highest BCUT2D eigenvalue weighted by Gasteiger charge is 2.01. The fraction of sp³-hybridized carbons (Fsp3) is 1.00. The van der Waals surface area contributed by atoms with E-state index in [0.29, 0.717) is 0 Å². The number of alkyl halides is 1. The van der Waals surface area contributed by atoms with E-state index in [-0.39, 0.29) is 41.6 Å². The molecule has 0 spiro atoms. The van der Waals surface area contributed by atoms with Crippen molar-refractivity contribution in [2.75, 3.05) is 12.4 Å². The Labute approximate surface area is 75.9 Å². The minimum absolute atomic E-state index is 0. The van der Waals surface area contributed by atoms with Crippen LogP contribution in [0.5, 0.6) is 0 Å². The Balaban J connectivity index is 0. The summed E-state index contributed by atoms with van der Waals surface area (Å²) in [5, 5.41) is 0. The van der Waals surface area contributed by atoms with Crippen molar-refractivity contribution in [1.82, 2.24) is 0 Å². The summed E-state index contributed by atoms with van der Waals surface area (Å²) in [6, 6.07) is 0. The van der Waals surface area contributed by atoms with E-state index < -0.39 is 16.8 Å². The molecule has 0 aliphatic carbocycles. The molecule has 10 heavy (non-hydrogen) atoms. The molecule has 6 heteroatoms. The molecule has 0 unspecified atom stereocenters. The van der Waals surface area contributed by atoms with Crippen molar-refractivity contribution in [3.63, 3.8) is 0 Å². The first-order chi connectivity index (χ1) is 4.06. The predicted octanol–water partition coefficient (Wildman–Crippen LogP) is -0.292. The molecule has 0 aliphatic rings. The van der Waals surface area contributed by atoms with Gasteiger partial charge < -0.3 is 0 Å². The van der Waals surface area contributed by atoms with Gasteiger partial charge in [0.25, 0.3) is 10.1 Å². The van der Waals surface area contributed by atoms with E-state index in [9.17, 15) is 12.8 Å². The van der Waals surface area contributed by atoms with Crippen molar-refractivity contribution in [3.05, 3.63) is 0 Å². The molecule has 0 rings (SSSR count). The Bertz CT molecular complexity index is 156. The first kappa shape index (κ1) is 13.2. The van der Waals surface area contributed by atoms with Crippen LogP contribution in [0.3, 0.4) is 0 Å². The van der Waals surface area contributed by atoms with Gasteiger partial charge in [0.05, 0.1) is 12.4 Å². The standard InChI is InChI=1S/C4H9FO3S.Mg.2H/c5-3-1-2-4-9(6,7)8;;;/h1-4H2,(H,6,7,8);;;. The largest absolute Gasteiger partial charge is 0.316 e. The summed E-state index contributed by atoms with van der Waals surface area (Å²) in [6.45, 7) is -0.532. The summed E-state index contributed by atoms with van der Waals surface area (Å²) in [5.41, 5.74) is 0. The van der Waals surface area contributed by atoms with Crippen molar-refractivity contribution in [2.45, 2.75) is 12.8 Å². The van der Waals surface area contributed by atoms with Crippen LogP contribution in [0.2, 0.25) is 0 Å². The van der Waals surface area contributed by atoms with E-state index in [1.165, 1.54) is 0 Å². The molecule has 0 aliphatic heterocycles. The van der Waals surface area contributed by atoms with Crippen molar-refractivity contribution in [1.29, 1.82) is 0 Å². The van der Waals surface area contributed by atoms with E-state index >= 15 is 0 Å². The lowest BCUT2D eigenvalue weighted by molar-refractivity contribution is 0.456. The minimum atomic E-state index is -3.86. The van der Waals surface area contributed by atoms with Crippen molar-refractivity contribution < 1.29 is 17.4 Å². The Morgan fingerprint density at radius 1 is 1.30 bits per heavy atom. The molecule has 0 amide bonds. The van der Waals surface area contributed by atoms with Gasteiger partial charge in [-0.1, -0.05) is 0 Å². The van der Waals surface area contributed by atoms with E-state index in [0.717, 1.165) is 0 Å². The Morgan fingerprint density at radius 2 is 1.80 bits per heavy atom. The van der Waals surface area contributed by atoms with E-state index in [1.54, 1.807) is 0 Å². The van der Waals surface area contributed by atoms with Gasteiger partial charge in [-0.25, -0.2) is 0 Å². The third-order valence-electron chi connectivity index (χ3n) is 0.786. The molecule has 0 radical (unpaired) electrons. The van der Waals surface area contributed by atoms with E-state index in [4.69, 9.17) is 4.55 Å². The molecule has 0 aromatic heterocycles. The van der Waals surface area contributed by atoms with Crippen LogP contribution in [0.4, 0.5) is 4.39 Å². The van der Waals surface area contributed by atoms with Gasteiger partial charge in [0.2, 0.25) is 0 Å². The quantitative estimate of drug-likeness (QED) is 0.369. The molecule has 0 atom stereocenters. The first-order valence-corrected chi connectivity index (χ1v) is 4.18. The molecule has 0 saturated carbocycles. The van der Waals surface area contributed by atoms with Crippen LogP contribution < -0.4 is 0 Å². The highest BCUT2D eigenvalue weighted by molar-refractivity contribution is 7.85. The Morgan fingerprint density at radius 3 is 2.10 bits per heavy atom. The van der Waals surface area contributed by atoms with Crippen LogP contribution in [0.1, 0.15) is 12.8 Å². The van der Waals surface area contributed by atoms with Crippen molar-refractivity contribution in [2.24, 2.45) is 0 Å². The van der Waals surface area contributed by atoms with E-state index in [2.05, 4.69) is 0 Å². The fourth-order valence-corrected chi connectivity index (χ4v) is 0.948. The summed E-state index contributed by atoms with van der Waals surface area (Å²) >= 11 is 0. The number of halogens is 1. The van der Waals surface area contributed by atoms with Gasteiger partial charge in [0, 0.05) is 0 Å². The number of rotatable bonds is 4. The zero-order valence-electron chi connectivity index (χ0n) is 4.88. The minimum Gasteiger partial charge on any atom is -0.286 e. The Hall–Kier alpha value is 0.606. The monoisotopic (exact) mass is 182 g/mol. The fourth-order valence-electron chi connectivity index (χ4n) is 0.379. The van der Waals surface area contributed by atoms with Gasteiger partial charge in [-0.05, 0) is 12.8 Å². The highest BCUT2D eigenvalue weighted by Crippen LogP contribution is 1.93. The summed E-state index contributed by atoms with van der Waals surface area (Å²) in [5.74, 6) is -0.336. The summed E-state index contributed by atoms with van der Waals surface area (Å²) in [6.07, 6.45) is 0.384. The maximum atomic E-state index is 11.3. The lowest BCUT2D eigenvalue weighted by Crippen LogP contribution is -2.03. The van der Waals surface area contributed by atoms with Crippen molar-refractivity contribution in [3.8, 4) is 0 Å². The SMILES string of the molecule is O=S(=O)(O)CCCCF.[MgH2]. The van der Waals surface area contributed by atoms with Crippen LogP contribution in [0.25, 0.3) is 0 Å². The second-order valence-corrected chi connectivity index (χ2v) is 3.25. The molecule has 0 saturated heterocycles. The van der Waals surface area contributed by atoms with E-state index in [1.807, 2.05) is 0 Å². The highest BCUT2D eigenvalue weighted by atomic mass is 32.2. The molecular weight excluding hydrogens is 171 g/mol. The maximum absolute atomic E-state index is 11.3. The van der Waals surface area contributed by atoms with Gasteiger partial charge in [-0.3, -0.25) is 8.94 Å². The zero-order valence-corrected chi connectivity index (χ0v) is 5.69. The second-order valence-electron chi connectivity index (χ2n) is 1.68. The second kappa shape index (κ2) is 6.32. The summed E-state index contributed by atoms with van der Waals surface area (Å²) in [7, 11) is -3.86. The smallest absolute Gasteiger partial charge is 0.286 e. The molecule has 0 heterocycles. The topological polar surface area (TPSA) is 54.4 Å². The third kappa shape index (κ3) is 11.4.